The number of rotatable bonds is 5. The van der Waals surface area contributed by atoms with E-state index in [0.29, 0.717) is 11.3 Å². The van der Waals surface area contributed by atoms with Gasteiger partial charge in [0, 0.05) is 18.1 Å². The minimum Gasteiger partial charge on any atom is -0.497 e. The Balaban J connectivity index is 3.05. The van der Waals surface area contributed by atoms with Gasteiger partial charge in [0.2, 0.25) is 0 Å². The molecule has 0 saturated heterocycles. The van der Waals surface area contributed by atoms with Gasteiger partial charge in [-0.15, -0.1) is 0 Å². The number of hydrogen-bond donors (Lipinski definition) is 1. The smallest absolute Gasteiger partial charge is 0.272 e. The van der Waals surface area contributed by atoms with Crippen molar-refractivity contribution in [2.24, 2.45) is 5.92 Å². The number of benzene rings is 1. The molecule has 1 aromatic rings. The molecule has 0 bridgehead atoms. The minimum atomic E-state index is -0.596. The van der Waals surface area contributed by atoms with Crippen LogP contribution in [0, 0.1) is 16.0 Å². The standard InChI is InChI=1S/C12H17NO4/c1-8(2)12(14)7-9-6-10(17-3)4-5-11(9)13(15)16/h4-6,8,12,14H,7H2,1-3H3. The second kappa shape index (κ2) is 5.63. The summed E-state index contributed by atoms with van der Waals surface area (Å²) < 4.78 is 5.03. The van der Waals surface area contributed by atoms with Gasteiger partial charge in [-0.1, -0.05) is 13.8 Å². The van der Waals surface area contributed by atoms with Gasteiger partial charge in [0.05, 0.1) is 18.1 Å². The summed E-state index contributed by atoms with van der Waals surface area (Å²) >= 11 is 0. The molecule has 17 heavy (non-hydrogen) atoms. The number of nitro benzene ring substituents is 1. The second-order valence-electron chi connectivity index (χ2n) is 4.27. The fourth-order valence-electron chi connectivity index (χ4n) is 1.49. The topological polar surface area (TPSA) is 72.6 Å². The van der Waals surface area contributed by atoms with E-state index in [2.05, 4.69) is 0 Å². The van der Waals surface area contributed by atoms with Crippen molar-refractivity contribution >= 4 is 5.69 Å². The van der Waals surface area contributed by atoms with Crippen LogP contribution in [0.2, 0.25) is 0 Å². The average molecular weight is 239 g/mol. The first-order chi connectivity index (χ1) is 7.95. The van der Waals surface area contributed by atoms with Crippen molar-refractivity contribution in [3.8, 4) is 5.75 Å². The van der Waals surface area contributed by atoms with E-state index < -0.39 is 11.0 Å². The molecule has 1 unspecified atom stereocenters. The third-order valence-electron chi connectivity index (χ3n) is 2.68. The van der Waals surface area contributed by atoms with Crippen LogP contribution in [0.5, 0.6) is 5.75 Å². The molecule has 0 heterocycles. The molecule has 5 nitrogen and oxygen atoms in total. The number of ether oxygens (including phenoxy) is 1. The third-order valence-corrected chi connectivity index (χ3v) is 2.68. The molecule has 0 spiro atoms. The van der Waals surface area contributed by atoms with E-state index in [1.807, 2.05) is 13.8 Å². The Morgan fingerprint density at radius 1 is 1.47 bits per heavy atom. The molecule has 0 amide bonds. The van der Waals surface area contributed by atoms with E-state index in [9.17, 15) is 15.2 Å². The summed E-state index contributed by atoms with van der Waals surface area (Å²) in [6.45, 7) is 3.74. The van der Waals surface area contributed by atoms with Gasteiger partial charge in [-0.25, -0.2) is 0 Å². The normalized spacial score (nSPS) is 12.5. The maximum absolute atomic E-state index is 10.9. The SMILES string of the molecule is COc1ccc([N+](=O)[O-])c(CC(O)C(C)C)c1. The molecule has 0 aliphatic rings. The molecule has 1 rings (SSSR count). The maximum Gasteiger partial charge on any atom is 0.272 e. The largest absolute Gasteiger partial charge is 0.497 e. The Hall–Kier alpha value is -1.62. The highest BCUT2D eigenvalue weighted by molar-refractivity contribution is 5.45. The lowest BCUT2D eigenvalue weighted by Crippen LogP contribution is -2.18. The van der Waals surface area contributed by atoms with Crippen LogP contribution in [0.25, 0.3) is 0 Å². The third kappa shape index (κ3) is 3.42. The van der Waals surface area contributed by atoms with E-state index in [4.69, 9.17) is 4.74 Å². The predicted octanol–water partition coefficient (Wildman–Crippen LogP) is 2.16. The molecule has 1 aromatic carbocycles. The van der Waals surface area contributed by atoms with E-state index in [1.54, 1.807) is 12.1 Å². The number of aliphatic hydroxyl groups excluding tert-OH is 1. The lowest BCUT2D eigenvalue weighted by Gasteiger charge is -2.14. The van der Waals surface area contributed by atoms with Crippen LogP contribution in [0.15, 0.2) is 18.2 Å². The Labute approximate surface area is 100 Å². The molecule has 0 aliphatic carbocycles. The van der Waals surface area contributed by atoms with Crippen LogP contribution < -0.4 is 4.74 Å². The fraction of sp³-hybridized carbons (Fsp3) is 0.500. The highest BCUT2D eigenvalue weighted by atomic mass is 16.6. The van der Waals surface area contributed by atoms with Crippen molar-refractivity contribution in [1.82, 2.24) is 0 Å². The highest BCUT2D eigenvalue weighted by Gasteiger charge is 2.19. The van der Waals surface area contributed by atoms with Gasteiger partial charge in [0.1, 0.15) is 5.75 Å². The van der Waals surface area contributed by atoms with Gasteiger partial charge < -0.3 is 9.84 Å². The van der Waals surface area contributed by atoms with Gasteiger partial charge in [-0.05, 0) is 18.1 Å². The summed E-state index contributed by atoms with van der Waals surface area (Å²) in [7, 11) is 1.50. The molecule has 94 valence electrons. The quantitative estimate of drug-likeness (QED) is 0.631. The Kier molecular flexibility index (Phi) is 4.45. The molecule has 1 atom stereocenters. The number of aliphatic hydroxyl groups is 1. The van der Waals surface area contributed by atoms with Crippen LogP contribution in [-0.4, -0.2) is 23.2 Å². The lowest BCUT2D eigenvalue weighted by atomic mass is 9.98. The summed E-state index contributed by atoms with van der Waals surface area (Å²) in [6.07, 6.45) is -0.341. The Morgan fingerprint density at radius 2 is 2.12 bits per heavy atom. The summed E-state index contributed by atoms with van der Waals surface area (Å²) in [5, 5.41) is 20.6. The summed E-state index contributed by atoms with van der Waals surface area (Å²) in [6, 6.07) is 4.55. The molecule has 0 radical (unpaired) electrons. The Morgan fingerprint density at radius 3 is 2.59 bits per heavy atom. The van der Waals surface area contributed by atoms with Crippen molar-refractivity contribution in [1.29, 1.82) is 0 Å². The van der Waals surface area contributed by atoms with E-state index in [1.165, 1.54) is 13.2 Å². The zero-order valence-electron chi connectivity index (χ0n) is 10.2. The minimum absolute atomic E-state index is 0.0190. The van der Waals surface area contributed by atoms with Crippen molar-refractivity contribution in [2.45, 2.75) is 26.4 Å². The first-order valence-electron chi connectivity index (χ1n) is 5.45. The number of nitrogens with zero attached hydrogens (tertiary/aromatic N) is 1. The van der Waals surface area contributed by atoms with Gasteiger partial charge in [-0.3, -0.25) is 10.1 Å². The Bertz CT molecular complexity index is 403. The van der Waals surface area contributed by atoms with Crippen molar-refractivity contribution in [3.05, 3.63) is 33.9 Å². The van der Waals surface area contributed by atoms with Gasteiger partial charge in [0.25, 0.3) is 5.69 Å². The highest BCUT2D eigenvalue weighted by Crippen LogP contribution is 2.26. The molecule has 5 heteroatoms. The van der Waals surface area contributed by atoms with E-state index in [-0.39, 0.29) is 18.0 Å². The molecule has 1 N–H and O–H groups in total. The number of methoxy groups -OCH3 is 1. The van der Waals surface area contributed by atoms with Crippen LogP contribution in [0.1, 0.15) is 19.4 Å². The number of nitro groups is 1. The zero-order chi connectivity index (χ0) is 13.0. The molecular weight excluding hydrogens is 222 g/mol. The molecular formula is C12H17NO4. The predicted molar refractivity (Wildman–Crippen MR) is 64.2 cm³/mol. The lowest BCUT2D eigenvalue weighted by molar-refractivity contribution is -0.385. The molecule has 0 aliphatic heterocycles. The van der Waals surface area contributed by atoms with Crippen LogP contribution in [-0.2, 0) is 6.42 Å². The summed E-state index contributed by atoms with van der Waals surface area (Å²) in [5.41, 5.74) is 0.515. The number of hydrogen-bond acceptors (Lipinski definition) is 4. The van der Waals surface area contributed by atoms with Crippen molar-refractivity contribution < 1.29 is 14.8 Å². The van der Waals surface area contributed by atoms with Crippen molar-refractivity contribution in [2.75, 3.05) is 7.11 Å². The first kappa shape index (κ1) is 13.4. The monoisotopic (exact) mass is 239 g/mol. The molecule has 0 aromatic heterocycles. The second-order valence-corrected chi connectivity index (χ2v) is 4.27. The average Bonchev–Trinajstić information content (AvgIpc) is 2.28. The van der Waals surface area contributed by atoms with Gasteiger partial charge in [-0.2, -0.15) is 0 Å². The van der Waals surface area contributed by atoms with Crippen LogP contribution in [0.4, 0.5) is 5.69 Å². The fourth-order valence-corrected chi connectivity index (χ4v) is 1.49. The summed E-state index contributed by atoms with van der Waals surface area (Å²) in [4.78, 5) is 10.4. The van der Waals surface area contributed by atoms with E-state index in [0.717, 1.165) is 0 Å². The first-order valence-corrected chi connectivity index (χ1v) is 5.45. The van der Waals surface area contributed by atoms with Gasteiger partial charge in [0.15, 0.2) is 0 Å². The van der Waals surface area contributed by atoms with Crippen molar-refractivity contribution in [3.63, 3.8) is 0 Å². The van der Waals surface area contributed by atoms with Crippen LogP contribution in [0.3, 0.4) is 0 Å². The van der Waals surface area contributed by atoms with Gasteiger partial charge >= 0.3 is 0 Å². The summed E-state index contributed by atoms with van der Waals surface area (Å²) in [5.74, 6) is 0.613. The molecule has 0 fully saturated rings. The van der Waals surface area contributed by atoms with E-state index >= 15 is 0 Å². The zero-order valence-corrected chi connectivity index (χ0v) is 10.2. The maximum atomic E-state index is 10.9. The molecule has 0 saturated carbocycles. The van der Waals surface area contributed by atoms with Crippen LogP contribution >= 0.6 is 0 Å².